The highest BCUT2D eigenvalue weighted by Gasteiger charge is 2.08. The average molecular weight is 299 g/mol. The van der Waals surface area contributed by atoms with Crippen molar-refractivity contribution >= 4 is 15.9 Å². The van der Waals surface area contributed by atoms with E-state index in [1.807, 2.05) is 0 Å². The molecule has 2 N–H and O–H groups in total. The van der Waals surface area contributed by atoms with Gasteiger partial charge in [-0.1, -0.05) is 48.8 Å². The Hall–Kier alpha value is -0.380. The monoisotopic (exact) mass is 298 g/mol. The number of nitrogens with two attached hydrogens (primary N) is 1. The molecule has 0 fully saturated rings. The van der Waals surface area contributed by atoms with Crippen molar-refractivity contribution in [1.82, 2.24) is 4.90 Å². The van der Waals surface area contributed by atoms with Crippen molar-refractivity contribution in [3.05, 3.63) is 33.8 Å². The third-order valence-corrected chi connectivity index (χ3v) is 3.56. The number of halogens is 1. The minimum Gasteiger partial charge on any atom is -0.326 e. The fourth-order valence-electron chi connectivity index (χ4n) is 1.91. The lowest BCUT2D eigenvalue weighted by Crippen LogP contribution is -2.27. The first-order valence-electron chi connectivity index (χ1n) is 6.26. The molecule has 0 saturated carbocycles. The molecule has 1 rings (SSSR count). The van der Waals surface area contributed by atoms with Crippen molar-refractivity contribution < 1.29 is 0 Å². The third kappa shape index (κ3) is 4.78. The molecule has 0 atom stereocenters. The van der Waals surface area contributed by atoms with Crippen LogP contribution in [0.1, 0.15) is 31.9 Å². The van der Waals surface area contributed by atoms with Crippen LogP contribution in [0.2, 0.25) is 0 Å². The summed E-state index contributed by atoms with van der Waals surface area (Å²) in [5.41, 5.74) is 8.14. The number of rotatable bonds is 6. The third-order valence-electron chi connectivity index (χ3n) is 2.82. The zero-order valence-electron chi connectivity index (χ0n) is 11.0. The molecular formula is C14H23BrN2. The molecule has 3 heteroatoms. The van der Waals surface area contributed by atoms with E-state index in [2.05, 4.69) is 59.8 Å². The maximum absolute atomic E-state index is 5.63. The van der Waals surface area contributed by atoms with Gasteiger partial charge >= 0.3 is 0 Å². The number of nitrogens with zero attached hydrogens (tertiary/aromatic N) is 1. The van der Waals surface area contributed by atoms with Crippen molar-refractivity contribution in [2.45, 2.75) is 33.9 Å². The quantitative estimate of drug-likeness (QED) is 0.872. The van der Waals surface area contributed by atoms with Gasteiger partial charge in [-0.2, -0.15) is 0 Å². The lowest BCUT2D eigenvalue weighted by molar-refractivity contribution is 0.248. The Kier molecular flexibility index (Phi) is 6.17. The maximum Gasteiger partial charge on any atom is 0.0244 e. The highest BCUT2D eigenvalue weighted by molar-refractivity contribution is 9.10. The van der Waals surface area contributed by atoms with Crippen LogP contribution in [-0.4, -0.2) is 18.0 Å². The predicted molar refractivity (Wildman–Crippen MR) is 77.8 cm³/mol. The minimum atomic E-state index is 0.600. The van der Waals surface area contributed by atoms with Crippen LogP contribution in [0.4, 0.5) is 0 Å². The predicted octanol–water partition coefficient (Wildman–Crippen LogP) is 3.39. The molecule has 0 radical (unpaired) electrons. The lowest BCUT2D eigenvalue weighted by atomic mass is 10.1. The van der Waals surface area contributed by atoms with E-state index in [9.17, 15) is 0 Å². The summed E-state index contributed by atoms with van der Waals surface area (Å²) in [6, 6.07) is 6.41. The first-order chi connectivity index (χ1) is 8.06. The van der Waals surface area contributed by atoms with Gasteiger partial charge in [-0.15, -0.1) is 0 Å². The summed E-state index contributed by atoms with van der Waals surface area (Å²) in [5.74, 6) is 0.706. The van der Waals surface area contributed by atoms with Crippen molar-refractivity contribution in [3.63, 3.8) is 0 Å². The molecule has 0 saturated heterocycles. The number of hydrogen-bond donors (Lipinski definition) is 1. The molecule has 0 unspecified atom stereocenters. The number of hydrogen-bond acceptors (Lipinski definition) is 2. The van der Waals surface area contributed by atoms with Crippen LogP contribution in [0.15, 0.2) is 22.7 Å². The van der Waals surface area contributed by atoms with Crippen LogP contribution >= 0.6 is 15.9 Å². The van der Waals surface area contributed by atoms with Crippen LogP contribution < -0.4 is 5.73 Å². The maximum atomic E-state index is 5.63. The van der Waals surface area contributed by atoms with Crippen LogP contribution in [0.5, 0.6) is 0 Å². The van der Waals surface area contributed by atoms with Crippen LogP contribution in [0.3, 0.4) is 0 Å². The molecule has 2 nitrogen and oxygen atoms in total. The summed E-state index contributed by atoms with van der Waals surface area (Å²) in [7, 11) is 0. The van der Waals surface area contributed by atoms with E-state index in [0.717, 1.165) is 19.6 Å². The topological polar surface area (TPSA) is 29.3 Å². The van der Waals surface area contributed by atoms with E-state index < -0.39 is 0 Å². The fraction of sp³-hybridized carbons (Fsp3) is 0.571. The normalized spacial score (nSPS) is 11.5. The largest absolute Gasteiger partial charge is 0.326 e. The Labute approximate surface area is 113 Å². The van der Waals surface area contributed by atoms with Gasteiger partial charge in [0.05, 0.1) is 0 Å². The summed E-state index contributed by atoms with van der Waals surface area (Å²) < 4.78 is 1.17. The standard InChI is InChI=1S/C14H23BrN2/c1-4-17(9-11(2)3)10-13-6-5-12(8-16)7-14(13)15/h5-7,11H,4,8-10,16H2,1-3H3. The summed E-state index contributed by atoms with van der Waals surface area (Å²) >= 11 is 3.63. The van der Waals surface area contributed by atoms with E-state index in [-0.39, 0.29) is 0 Å². The van der Waals surface area contributed by atoms with Crippen molar-refractivity contribution in [2.24, 2.45) is 11.7 Å². The summed E-state index contributed by atoms with van der Waals surface area (Å²) in [4.78, 5) is 2.47. The van der Waals surface area contributed by atoms with Crippen molar-refractivity contribution in [3.8, 4) is 0 Å². The highest BCUT2D eigenvalue weighted by Crippen LogP contribution is 2.20. The van der Waals surface area contributed by atoms with Crippen molar-refractivity contribution in [1.29, 1.82) is 0 Å². The molecule has 0 heterocycles. The Bertz CT molecular complexity index is 350. The first-order valence-corrected chi connectivity index (χ1v) is 7.05. The summed E-state index contributed by atoms with van der Waals surface area (Å²) in [6.07, 6.45) is 0. The lowest BCUT2D eigenvalue weighted by Gasteiger charge is -2.23. The van der Waals surface area contributed by atoms with Gasteiger partial charge in [0.25, 0.3) is 0 Å². The van der Waals surface area contributed by atoms with E-state index in [1.165, 1.54) is 15.6 Å². The second kappa shape index (κ2) is 7.14. The molecule has 0 aliphatic carbocycles. The number of benzene rings is 1. The van der Waals surface area contributed by atoms with Crippen LogP contribution in [0.25, 0.3) is 0 Å². The zero-order valence-corrected chi connectivity index (χ0v) is 12.6. The molecule has 0 bridgehead atoms. The molecular weight excluding hydrogens is 276 g/mol. The van der Waals surface area contributed by atoms with Gasteiger partial charge in [-0.05, 0) is 29.7 Å². The Morgan fingerprint density at radius 1 is 1.35 bits per heavy atom. The van der Waals surface area contributed by atoms with Gasteiger partial charge < -0.3 is 5.73 Å². The van der Waals surface area contributed by atoms with E-state index in [1.54, 1.807) is 0 Å². The van der Waals surface area contributed by atoms with E-state index in [4.69, 9.17) is 5.73 Å². The highest BCUT2D eigenvalue weighted by atomic mass is 79.9. The van der Waals surface area contributed by atoms with Crippen molar-refractivity contribution in [2.75, 3.05) is 13.1 Å². The molecule has 0 aliphatic rings. The van der Waals surface area contributed by atoms with Gasteiger partial charge in [0.2, 0.25) is 0 Å². The molecule has 17 heavy (non-hydrogen) atoms. The van der Waals surface area contributed by atoms with Crippen LogP contribution in [0, 0.1) is 5.92 Å². The minimum absolute atomic E-state index is 0.600. The molecule has 0 spiro atoms. The van der Waals surface area contributed by atoms with E-state index >= 15 is 0 Å². The molecule has 0 aliphatic heterocycles. The fourth-order valence-corrected chi connectivity index (χ4v) is 2.46. The second-order valence-corrected chi connectivity index (χ2v) is 5.71. The average Bonchev–Trinajstić information content (AvgIpc) is 2.29. The van der Waals surface area contributed by atoms with Gasteiger partial charge in [0, 0.05) is 24.1 Å². The zero-order chi connectivity index (χ0) is 12.8. The summed E-state index contributed by atoms with van der Waals surface area (Å²) in [5, 5.41) is 0. The van der Waals surface area contributed by atoms with Crippen LogP contribution in [-0.2, 0) is 13.1 Å². The SMILES string of the molecule is CCN(Cc1ccc(CN)cc1Br)CC(C)C. The Morgan fingerprint density at radius 3 is 2.53 bits per heavy atom. The Morgan fingerprint density at radius 2 is 2.06 bits per heavy atom. The summed E-state index contributed by atoms with van der Waals surface area (Å²) in [6.45, 7) is 10.6. The molecule has 1 aromatic rings. The molecule has 0 amide bonds. The molecule has 0 aromatic heterocycles. The smallest absolute Gasteiger partial charge is 0.0244 e. The van der Waals surface area contributed by atoms with E-state index in [0.29, 0.717) is 12.5 Å². The van der Waals surface area contributed by atoms with Gasteiger partial charge in [0.15, 0.2) is 0 Å². The van der Waals surface area contributed by atoms with Gasteiger partial charge in [-0.3, -0.25) is 4.90 Å². The Balaban J connectivity index is 2.72. The second-order valence-electron chi connectivity index (χ2n) is 4.85. The first kappa shape index (κ1) is 14.7. The van der Waals surface area contributed by atoms with Gasteiger partial charge in [0.1, 0.15) is 0 Å². The molecule has 1 aromatic carbocycles. The molecule has 96 valence electrons. The van der Waals surface area contributed by atoms with Gasteiger partial charge in [-0.25, -0.2) is 0 Å².